The molecule has 0 amide bonds. The van der Waals surface area contributed by atoms with Crippen LogP contribution in [0.5, 0.6) is 5.75 Å². The maximum Gasteiger partial charge on any atom is 0.194 e. The van der Waals surface area contributed by atoms with Crippen LogP contribution in [-0.4, -0.2) is 52.4 Å². The van der Waals surface area contributed by atoms with Crippen molar-refractivity contribution in [3.63, 3.8) is 0 Å². The van der Waals surface area contributed by atoms with Gasteiger partial charge in [-0.15, -0.1) is 10.2 Å². The van der Waals surface area contributed by atoms with E-state index in [1.165, 1.54) is 5.56 Å². The maximum atomic E-state index is 5.26. The summed E-state index contributed by atoms with van der Waals surface area (Å²) in [5, 5.41) is 11.7. The van der Waals surface area contributed by atoms with Crippen LogP contribution in [0, 0.1) is 6.92 Å². The van der Waals surface area contributed by atoms with Crippen LogP contribution in [0.4, 0.5) is 0 Å². The zero-order valence-corrected chi connectivity index (χ0v) is 16.1. The number of nitrogens with one attached hydrogen (secondary N) is 1. The third-order valence-electron chi connectivity index (χ3n) is 4.96. The predicted molar refractivity (Wildman–Crippen MR) is 102 cm³/mol. The molecule has 1 saturated heterocycles. The van der Waals surface area contributed by atoms with Crippen LogP contribution in [0.2, 0.25) is 0 Å². The molecule has 140 valence electrons. The Morgan fingerprint density at radius 3 is 2.69 bits per heavy atom. The largest absolute Gasteiger partial charge is 0.497 e. The van der Waals surface area contributed by atoms with Gasteiger partial charge in [0.25, 0.3) is 0 Å². The van der Waals surface area contributed by atoms with E-state index in [0.29, 0.717) is 12.5 Å². The van der Waals surface area contributed by atoms with E-state index in [-0.39, 0.29) is 0 Å². The number of rotatable bonds is 5. The van der Waals surface area contributed by atoms with Crippen molar-refractivity contribution in [1.29, 1.82) is 0 Å². The number of aryl methyl sites for hydroxylation is 1. The quantitative estimate of drug-likeness (QED) is 0.656. The van der Waals surface area contributed by atoms with Crippen LogP contribution < -0.4 is 10.1 Å². The Hall–Kier alpha value is -2.57. The highest BCUT2D eigenvalue weighted by Gasteiger charge is 2.26. The van der Waals surface area contributed by atoms with Gasteiger partial charge in [0.15, 0.2) is 11.8 Å². The molecule has 2 heterocycles. The van der Waals surface area contributed by atoms with E-state index in [4.69, 9.17) is 9.73 Å². The van der Waals surface area contributed by atoms with Crippen molar-refractivity contribution in [2.45, 2.75) is 32.7 Å². The van der Waals surface area contributed by atoms with E-state index in [1.807, 2.05) is 30.7 Å². The Morgan fingerprint density at radius 2 is 2.08 bits per heavy atom. The Kier molecular flexibility index (Phi) is 5.75. The monoisotopic (exact) mass is 356 g/mol. The third kappa shape index (κ3) is 3.98. The van der Waals surface area contributed by atoms with Crippen LogP contribution in [0.3, 0.4) is 0 Å². The number of guanidine groups is 1. The van der Waals surface area contributed by atoms with E-state index < -0.39 is 0 Å². The number of benzene rings is 1. The minimum Gasteiger partial charge on any atom is -0.497 e. The lowest BCUT2D eigenvalue weighted by Gasteiger charge is -2.21. The van der Waals surface area contributed by atoms with E-state index in [9.17, 15) is 0 Å². The normalized spacial score (nSPS) is 17.6. The third-order valence-corrected chi connectivity index (χ3v) is 4.96. The Balaban J connectivity index is 1.68. The SMILES string of the molecule is CCNC(=NCc1nnc(C)n1C)N1CCC(c2ccc(OC)cc2)C1. The number of methoxy groups -OCH3 is 1. The molecule has 0 bridgehead atoms. The van der Waals surface area contributed by atoms with Crippen LogP contribution in [0.1, 0.15) is 36.5 Å². The van der Waals surface area contributed by atoms with Gasteiger partial charge in [0.1, 0.15) is 18.1 Å². The van der Waals surface area contributed by atoms with Crippen molar-refractivity contribution in [2.75, 3.05) is 26.7 Å². The molecular formula is C19H28N6O. The predicted octanol–water partition coefficient (Wildman–Crippen LogP) is 2.09. The summed E-state index contributed by atoms with van der Waals surface area (Å²) in [4.78, 5) is 7.12. The van der Waals surface area contributed by atoms with Gasteiger partial charge in [-0.2, -0.15) is 0 Å². The first kappa shape index (κ1) is 18.2. The van der Waals surface area contributed by atoms with Gasteiger partial charge in [-0.1, -0.05) is 12.1 Å². The molecule has 3 rings (SSSR count). The average Bonchev–Trinajstić information content (AvgIpc) is 3.27. The summed E-state index contributed by atoms with van der Waals surface area (Å²) >= 11 is 0. The van der Waals surface area contributed by atoms with Gasteiger partial charge in [0, 0.05) is 32.6 Å². The molecule has 1 atom stereocenters. The van der Waals surface area contributed by atoms with Crippen LogP contribution >= 0.6 is 0 Å². The van der Waals surface area contributed by atoms with Gasteiger partial charge in [0.2, 0.25) is 0 Å². The fourth-order valence-electron chi connectivity index (χ4n) is 3.26. The summed E-state index contributed by atoms with van der Waals surface area (Å²) in [6.07, 6.45) is 1.12. The molecular weight excluding hydrogens is 328 g/mol. The van der Waals surface area contributed by atoms with Crippen molar-refractivity contribution < 1.29 is 4.74 Å². The molecule has 1 aliphatic rings. The van der Waals surface area contributed by atoms with Gasteiger partial charge in [-0.25, -0.2) is 4.99 Å². The van der Waals surface area contributed by atoms with E-state index in [2.05, 4.69) is 39.5 Å². The number of nitrogens with zero attached hydrogens (tertiary/aromatic N) is 5. The molecule has 26 heavy (non-hydrogen) atoms. The summed E-state index contributed by atoms with van der Waals surface area (Å²) in [7, 11) is 3.67. The molecule has 7 nitrogen and oxygen atoms in total. The van der Waals surface area contributed by atoms with Gasteiger partial charge in [-0.05, 0) is 38.0 Å². The number of hydrogen-bond acceptors (Lipinski definition) is 4. The molecule has 0 aliphatic carbocycles. The molecule has 1 aromatic carbocycles. The summed E-state index contributed by atoms with van der Waals surface area (Å²) in [6.45, 7) is 7.39. The fourth-order valence-corrected chi connectivity index (χ4v) is 3.26. The lowest BCUT2D eigenvalue weighted by Crippen LogP contribution is -2.40. The highest BCUT2D eigenvalue weighted by molar-refractivity contribution is 5.80. The molecule has 1 N–H and O–H groups in total. The highest BCUT2D eigenvalue weighted by Crippen LogP contribution is 2.28. The van der Waals surface area contributed by atoms with Crippen molar-refractivity contribution in [2.24, 2.45) is 12.0 Å². The van der Waals surface area contributed by atoms with E-state index in [1.54, 1.807) is 7.11 Å². The standard InChI is InChI=1S/C19H28N6O/c1-5-20-19(21-12-18-23-22-14(2)24(18)3)25-11-10-16(13-25)15-6-8-17(26-4)9-7-15/h6-9,16H,5,10-13H2,1-4H3,(H,20,21). The van der Waals surface area contributed by atoms with Crippen LogP contribution in [-0.2, 0) is 13.6 Å². The Morgan fingerprint density at radius 1 is 1.31 bits per heavy atom. The molecule has 0 spiro atoms. The lowest BCUT2D eigenvalue weighted by atomic mass is 9.98. The molecule has 0 saturated carbocycles. The van der Waals surface area contributed by atoms with Gasteiger partial charge in [0.05, 0.1) is 7.11 Å². The fraction of sp³-hybridized carbons (Fsp3) is 0.526. The second kappa shape index (κ2) is 8.21. The molecule has 0 radical (unpaired) electrons. The maximum absolute atomic E-state index is 5.26. The second-order valence-corrected chi connectivity index (χ2v) is 6.60. The molecule has 7 heteroatoms. The second-order valence-electron chi connectivity index (χ2n) is 6.60. The Bertz CT molecular complexity index is 752. The summed E-state index contributed by atoms with van der Waals surface area (Å²) < 4.78 is 7.24. The molecule has 1 aromatic heterocycles. The topological polar surface area (TPSA) is 67.6 Å². The van der Waals surface area contributed by atoms with Crippen LogP contribution in [0.25, 0.3) is 0 Å². The molecule has 2 aromatic rings. The summed E-state index contributed by atoms with van der Waals surface area (Å²) in [5.41, 5.74) is 1.35. The van der Waals surface area contributed by atoms with Crippen molar-refractivity contribution in [3.05, 3.63) is 41.5 Å². The number of ether oxygens (including phenoxy) is 1. The zero-order chi connectivity index (χ0) is 18.5. The first-order valence-electron chi connectivity index (χ1n) is 9.14. The van der Waals surface area contributed by atoms with Crippen molar-refractivity contribution >= 4 is 5.96 Å². The minimum atomic E-state index is 0.516. The molecule has 1 unspecified atom stereocenters. The minimum absolute atomic E-state index is 0.516. The van der Waals surface area contributed by atoms with E-state index in [0.717, 1.165) is 49.4 Å². The first-order valence-corrected chi connectivity index (χ1v) is 9.14. The zero-order valence-electron chi connectivity index (χ0n) is 16.1. The van der Waals surface area contributed by atoms with Crippen LogP contribution in [0.15, 0.2) is 29.3 Å². The Labute approximate surface area is 155 Å². The van der Waals surface area contributed by atoms with E-state index >= 15 is 0 Å². The van der Waals surface area contributed by atoms with Gasteiger partial charge in [-0.3, -0.25) is 0 Å². The summed E-state index contributed by atoms with van der Waals surface area (Å²) in [6, 6.07) is 8.40. The van der Waals surface area contributed by atoms with Crippen molar-refractivity contribution in [3.8, 4) is 5.75 Å². The molecule has 1 fully saturated rings. The first-order chi connectivity index (χ1) is 12.6. The lowest BCUT2D eigenvalue weighted by molar-refractivity contribution is 0.414. The smallest absolute Gasteiger partial charge is 0.194 e. The van der Waals surface area contributed by atoms with Gasteiger partial charge < -0.3 is 19.5 Å². The van der Waals surface area contributed by atoms with Gasteiger partial charge >= 0.3 is 0 Å². The average molecular weight is 356 g/mol. The number of hydrogen-bond donors (Lipinski definition) is 1. The number of likely N-dealkylation sites (tertiary alicyclic amines) is 1. The molecule has 1 aliphatic heterocycles. The number of aliphatic imine (C=N–C) groups is 1. The summed E-state index contributed by atoms with van der Waals surface area (Å²) in [5.74, 6) is 4.15. The number of aromatic nitrogens is 3. The highest BCUT2D eigenvalue weighted by atomic mass is 16.5. The van der Waals surface area contributed by atoms with Crippen molar-refractivity contribution in [1.82, 2.24) is 25.0 Å².